The summed E-state index contributed by atoms with van der Waals surface area (Å²) in [6, 6.07) is 19.0. The first-order valence-corrected chi connectivity index (χ1v) is 9.24. The highest BCUT2D eigenvalue weighted by molar-refractivity contribution is 5.94. The standard InChI is InChI=1S/C23H23N3O2/c1-17-7-2-3-8-18(17)12-13-22(27)26-21-11-5-4-9-19(21)16-25-23(28)20-10-6-14-24-15-20/h2-11,14-15H,12-13,16H2,1H3,(H,25,28)(H,26,27). The molecule has 0 fully saturated rings. The van der Waals surface area contributed by atoms with Gasteiger partial charge in [-0.3, -0.25) is 14.6 Å². The second-order valence-electron chi connectivity index (χ2n) is 6.56. The number of amides is 2. The van der Waals surface area contributed by atoms with Gasteiger partial charge in [-0.05, 0) is 48.2 Å². The minimum Gasteiger partial charge on any atom is -0.348 e. The van der Waals surface area contributed by atoms with Gasteiger partial charge in [0, 0.05) is 31.0 Å². The van der Waals surface area contributed by atoms with Gasteiger partial charge in [0.25, 0.3) is 5.91 Å². The van der Waals surface area contributed by atoms with Crippen molar-refractivity contribution in [2.24, 2.45) is 0 Å². The van der Waals surface area contributed by atoms with E-state index in [0.717, 1.165) is 5.56 Å². The quantitative estimate of drug-likeness (QED) is 0.660. The van der Waals surface area contributed by atoms with Crippen molar-refractivity contribution in [3.63, 3.8) is 0 Å². The zero-order chi connectivity index (χ0) is 19.8. The lowest BCUT2D eigenvalue weighted by Crippen LogP contribution is -2.24. The van der Waals surface area contributed by atoms with Crippen LogP contribution in [0.4, 0.5) is 5.69 Å². The number of aryl methyl sites for hydroxylation is 2. The van der Waals surface area contributed by atoms with E-state index in [0.29, 0.717) is 30.6 Å². The average Bonchev–Trinajstić information content (AvgIpc) is 2.73. The molecule has 5 heteroatoms. The Labute approximate surface area is 164 Å². The molecule has 28 heavy (non-hydrogen) atoms. The highest BCUT2D eigenvalue weighted by Gasteiger charge is 2.10. The van der Waals surface area contributed by atoms with Gasteiger partial charge in [0.2, 0.25) is 5.91 Å². The van der Waals surface area contributed by atoms with Gasteiger partial charge in [-0.2, -0.15) is 0 Å². The molecule has 3 aromatic rings. The second-order valence-corrected chi connectivity index (χ2v) is 6.56. The molecule has 2 amide bonds. The van der Waals surface area contributed by atoms with Gasteiger partial charge in [0.15, 0.2) is 0 Å². The van der Waals surface area contributed by atoms with Crippen molar-refractivity contribution in [2.45, 2.75) is 26.3 Å². The third kappa shape index (κ3) is 5.27. The minimum atomic E-state index is -0.200. The third-order valence-electron chi connectivity index (χ3n) is 4.54. The first-order chi connectivity index (χ1) is 13.6. The van der Waals surface area contributed by atoms with Gasteiger partial charge in [0.05, 0.1) is 5.56 Å². The summed E-state index contributed by atoms with van der Waals surface area (Å²) < 4.78 is 0. The van der Waals surface area contributed by atoms with Crippen LogP contribution in [0.5, 0.6) is 0 Å². The van der Waals surface area contributed by atoms with Gasteiger partial charge in [0.1, 0.15) is 0 Å². The number of rotatable bonds is 7. The largest absolute Gasteiger partial charge is 0.348 e. The molecule has 1 heterocycles. The number of aromatic nitrogens is 1. The Kier molecular flexibility index (Phi) is 6.52. The van der Waals surface area contributed by atoms with Gasteiger partial charge >= 0.3 is 0 Å². The molecule has 0 unspecified atom stereocenters. The maximum atomic E-state index is 12.4. The summed E-state index contributed by atoms with van der Waals surface area (Å²) >= 11 is 0. The monoisotopic (exact) mass is 373 g/mol. The van der Waals surface area contributed by atoms with Crippen LogP contribution in [0, 0.1) is 6.92 Å². The summed E-state index contributed by atoms with van der Waals surface area (Å²) in [5.74, 6) is -0.247. The van der Waals surface area contributed by atoms with Gasteiger partial charge in [-0.1, -0.05) is 42.5 Å². The molecule has 0 bridgehead atoms. The third-order valence-corrected chi connectivity index (χ3v) is 4.54. The fourth-order valence-corrected chi connectivity index (χ4v) is 2.92. The molecule has 0 atom stereocenters. The van der Waals surface area contributed by atoms with Crippen molar-refractivity contribution >= 4 is 17.5 Å². The molecule has 0 radical (unpaired) electrons. The Hall–Kier alpha value is -3.47. The Morgan fingerprint density at radius 1 is 0.929 bits per heavy atom. The van der Waals surface area contributed by atoms with E-state index in [4.69, 9.17) is 0 Å². The Bertz CT molecular complexity index is 955. The van der Waals surface area contributed by atoms with Crippen molar-refractivity contribution in [1.29, 1.82) is 0 Å². The van der Waals surface area contributed by atoms with Gasteiger partial charge in [-0.15, -0.1) is 0 Å². The van der Waals surface area contributed by atoms with Crippen LogP contribution in [0.3, 0.4) is 0 Å². The van der Waals surface area contributed by atoms with Crippen LogP contribution in [-0.2, 0) is 17.8 Å². The maximum absolute atomic E-state index is 12.4. The molecule has 1 aromatic heterocycles. The Morgan fingerprint density at radius 2 is 1.68 bits per heavy atom. The number of hydrogen-bond donors (Lipinski definition) is 2. The number of para-hydroxylation sites is 1. The first kappa shape index (κ1) is 19.3. The van der Waals surface area contributed by atoms with Crippen LogP contribution >= 0.6 is 0 Å². The van der Waals surface area contributed by atoms with Crippen LogP contribution in [0.2, 0.25) is 0 Å². The second kappa shape index (κ2) is 9.46. The Balaban J connectivity index is 1.58. The van der Waals surface area contributed by atoms with E-state index in [2.05, 4.69) is 15.6 Å². The van der Waals surface area contributed by atoms with Crippen LogP contribution < -0.4 is 10.6 Å². The summed E-state index contributed by atoms with van der Waals surface area (Å²) in [6.07, 6.45) is 4.24. The zero-order valence-electron chi connectivity index (χ0n) is 15.8. The molecule has 2 aromatic carbocycles. The lowest BCUT2D eigenvalue weighted by molar-refractivity contribution is -0.116. The molecule has 0 saturated heterocycles. The molecule has 2 N–H and O–H groups in total. The van der Waals surface area contributed by atoms with E-state index in [9.17, 15) is 9.59 Å². The molecule has 0 aliphatic heterocycles. The molecular formula is C23H23N3O2. The summed E-state index contributed by atoms with van der Waals surface area (Å²) in [5.41, 5.74) is 4.43. The number of carbonyl (C=O) groups excluding carboxylic acids is 2. The molecule has 142 valence electrons. The minimum absolute atomic E-state index is 0.0470. The topological polar surface area (TPSA) is 71.1 Å². The number of carbonyl (C=O) groups is 2. The van der Waals surface area contributed by atoms with Crippen LogP contribution in [-0.4, -0.2) is 16.8 Å². The summed E-state index contributed by atoms with van der Waals surface area (Å²) in [6.45, 7) is 2.37. The smallest absolute Gasteiger partial charge is 0.253 e. The fourth-order valence-electron chi connectivity index (χ4n) is 2.92. The number of pyridine rings is 1. The lowest BCUT2D eigenvalue weighted by Gasteiger charge is -2.12. The van der Waals surface area contributed by atoms with Crippen molar-refractivity contribution < 1.29 is 9.59 Å². The SMILES string of the molecule is Cc1ccccc1CCC(=O)Nc1ccccc1CNC(=O)c1cccnc1. The number of nitrogens with zero attached hydrogens (tertiary/aromatic N) is 1. The summed E-state index contributed by atoms with van der Waals surface area (Å²) in [7, 11) is 0. The van der Waals surface area contributed by atoms with Crippen molar-refractivity contribution in [2.75, 3.05) is 5.32 Å². The Morgan fingerprint density at radius 3 is 2.43 bits per heavy atom. The van der Waals surface area contributed by atoms with Crippen molar-refractivity contribution in [3.8, 4) is 0 Å². The highest BCUT2D eigenvalue weighted by Crippen LogP contribution is 2.16. The van der Waals surface area contributed by atoms with E-state index in [1.165, 1.54) is 17.3 Å². The van der Waals surface area contributed by atoms with Gasteiger partial charge < -0.3 is 10.6 Å². The molecular weight excluding hydrogens is 350 g/mol. The van der Waals surface area contributed by atoms with E-state index < -0.39 is 0 Å². The van der Waals surface area contributed by atoms with Crippen molar-refractivity contribution in [3.05, 3.63) is 95.3 Å². The predicted octanol–water partition coefficient (Wildman–Crippen LogP) is 3.89. The number of nitrogens with one attached hydrogen (secondary N) is 2. The fraction of sp³-hybridized carbons (Fsp3) is 0.174. The average molecular weight is 373 g/mol. The van der Waals surface area contributed by atoms with Crippen LogP contribution in [0.15, 0.2) is 73.1 Å². The van der Waals surface area contributed by atoms with Crippen LogP contribution in [0.1, 0.15) is 33.5 Å². The predicted molar refractivity (Wildman–Crippen MR) is 110 cm³/mol. The van der Waals surface area contributed by atoms with E-state index in [1.54, 1.807) is 18.3 Å². The number of benzene rings is 2. The normalized spacial score (nSPS) is 10.3. The molecule has 0 spiro atoms. The molecule has 0 saturated carbocycles. The van der Waals surface area contributed by atoms with E-state index in [-0.39, 0.29) is 11.8 Å². The molecule has 0 aliphatic rings. The van der Waals surface area contributed by atoms with Crippen molar-refractivity contribution in [1.82, 2.24) is 10.3 Å². The summed E-state index contributed by atoms with van der Waals surface area (Å²) in [5, 5.41) is 5.83. The molecule has 0 aliphatic carbocycles. The van der Waals surface area contributed by atoms with E-state index >= 15 is 0 Å². The number of hydrogen-bond acceptors (Lipinski definition) is 3. The zero-order valence-corrected chi connectivity index (χ0v) is 15.8. The molecule has 5 nitrogen and oxygen atoms in total. The van der Waals surface area contributed by atoms with Crippen LogP contribution in [0.25, 0.3) is 0 Å². The van der Waals surface area contributed by atoms with E-state index in [1.807, 2.05) is 55.5 Å². The maximum Gasteiger partial charge on any atom is 0.253 e. The molecule has 3 rings (SSSR count). The first-order valence-electron chi connectivity index (χ1n) is 9.24. The number of anilines is 1. The summed E-state index contributed by atoms with van der Waals surface area (Å²) in [4.78, 5) is 28.6. The van der Waals surface area contributed by atoms with Gasteiger partial charge in [-0.25, -0.2) is 0 Å². The highest BCUT2D eigenvalue weighted by atomic mass is 16.2. The lowest BCUT2D eigenvalue weighted by atomic mass is 10.0.